The summed E-state index contributed by atoms with van der Waals surface area (Å²) < 4.78 is 43.2. The first kappa shape index (κ1) is 19.8. The van der Waals surface area contributed by atoms with Crippen molar-refractivity contribution in [2.24, 2.45) is 0 Å². The zero-order valence-electron chi connectivity index (χ0n) is 15.3. The fourth-order valence-electron chi connectivity index (χ4n) is 2.98. The van der Waals surface area contributed by atoms with Crippen LogP contribution in [0.1, 0.15) is 18.9 Å². The third-order valence-corrected chi connectivity index (χ3v) is 4.35. The number of urea groups is 1. The fraction of sp³-hybridized carbons (Fsp3) is 0.368. The summed E-state index contributed by atoms with van der Waals surface area (Å²) in [5.41, 5.74) is -0.139. The number of benzene rings is 1. The quantitative estimate of drug-likeness (QED) is 0.807. The fourth-order valence-corrected chi connectivity index (χ4v) is 2.98. The molecule has 28 heavy (non-hydrogen) atoms. The normalized spacial score (nSPS) is 16.7. The van der Waals surface area contributed by atoms with E-state index in [1.54, 1.807) is 24.3 Å². The minimum atomic E-state index is -4.40. The number of aromatic nitrogens is 1. The van der Waals surface area contributed by atoms with Crippen molar-refractivity contribution >= 4 is 17.5 Å². The molecule has 0 spiro atoms. The van der Waals surface area contributed by atoms with Crippen LogP contribution in [0.2, 0.25) is 0 Å². The molecule has 9 heteroatoms. The summed E-state index contributed by atoms with van der Waals surface area (Å²) in [6.45, 7) is 3.55. The second kappa shape index (κ2) is 8.37. The van der Waals surface area contributed by atoms with Crippen molar-refractivity contribution in [1.82, 2.24) is 10.3 Å². The molecule has 2 amide bonds. The Labute approximate surface area is 160 Å². The SMILES string of the molecule is CCOc1ccc(NC(=O)N[C@@H]2CCN(c3ccc(C(F)(F)F)cn3)C2)cc1. The highest BCUT2D eigenvalue weighted by Crippen LogP contribution is 2.30. The van der Waals surface area contributed by atoms with Gasteiger partial charge in [-0.3, -0.25) is 0 Å². The molecule has 150 valence electrons. The first-order valence-electron chi connectivity index (χ1n) is 8.93. The summed E-state index contributed by atoms with van der Waals surface area (Å²) in [5.74, 6) is 1.19. The summed E-state index contributed by atoms with van der Waals surface area (Å²) in [6.07, 6.45) is -2.90. The van der Waals surface area contributed by atoms with Crippen LogP contribution in [0.3, 0.4) is 0 Å². The lowest BCUT2D eigenvalue weighted by Crippen LogP contribution is -2.39. The van der Waals surface area contributed by atoms with Crippen LogP contribution in [-0.4, -0.2) is 36.8 Å². The van der Waals surface area contributed by atoms with Crippen LogP contribution < -0.4 is 20.3 Å². The molecule has 0 saturated carbocycles. The number of hydrogen-bond donors (Lipinski definition) is 2. The molecule has 1 aliphatic rings. The number of nitrogens with one attached hydrogen (secondary N) is 2. The highest BCUT2D eigenvalue weighted by molar-refractivity contribution is 5.89. The Kier molecular flexibility index (Phi) is 5.91. The Morgan fingerprint density at radius 1 is 1.25 bits per heavy atom. The van der Waals surface area contributed by atoms with Gasteiger partial charge in [0.1, 0.15) is 11.6 Å². The maximum absolute atomic E-state index is 12.6. The van der Waals surface area contributed by atoms with E-state index in [1.807, 2.05) is 11.8 Å². The molecule has 1 aromatic heterocycles. The average Bonchev–Trinajstić information content (AvgIpc) is 3.11. The van der Waals surface area contributed by atoms with Crippen molar-refractivity contribution in [2.75, 3.05) is 29.9 Å². The molecule has 1 aromatic carbocycles. The first-order valence-corrected chi connectivity index (χ1v) is 8.93. The van der Waals surface area contributed by atoms with Gasteiger partial charge >= 0.3 is 12.2 Å². The van der Waals surface area contributed by atoms with E-state index >= 15 is 0 Å². The molecule has 0 aliphatic carbocycles. The lowest BCUT2D eigenvalue weighted by atomic mass is 10.2. The molecule has 3 rings (SSSR count). The number of amides is 2. The number of alkyl halides is 3. The van der Waals surface area contributed by atoms with Gasteiger partial charge in [0, 0.05) is 31.0 Å². The molecule has 2 N–H and O–H groups in total. The van der Waals surface area contributed by atoms with E-state index in [2.05, 4.69) is 15.6 Å². The van der Waals surface area contributed by atoms with E-state index in [9.17, 15) is 18.0 Å². The molecule has 0 bridgehead atoms. The van der Waals surface area contributed by atoms with Crippen molar-refractivity contribution in [3.05, 3.63) is 48.2 Å². The van der Waals surface area contributed by atoms with Gasteiger partial charge in [0.15, 0.2) is 0 Å². The Bertz CT molecular complexity index is 794. The molecule has 0 radical (unpaired) electrons. The molecular weight excluding hydrogens is 373 g/mol. The zero-order valence-corrected chi connectivity index (χ0v) is 15.3. The molecule has 6 nitrogen and oxygen atoms in total. The van der Waals surface area contributed by atoms with E-state index in [0.29, 0.717) is 37.6 Å². The van der Waals surface area contributed by atoms with Crippen LogP contribution in [0, 0.1) is 0 Å². The monoisotopic (exact) mass is 394 g/mol. The van der Waals surface area contributed by atoms with Crippen molar-refractivity contribution < 1.29 is 22.7 Å². The van der Waals surface area contributed by atoms with E-state index in [4.69, 9.17) is 4.74 Å². The number of hydrogen-bond acceptors (Lipinski definition) is 4. The van der Waals surface area contributed by atoms with Crippen LogP contribution in [-0.2, 0) is 6.18 Å². The van der Waals surface area contributed by atoms with Crippen molar-refractivity contribution in [2.45, 2.75) is 25.6 Å². The Hall–Kier alpha value is -2.97. The molecule has 2 aromatic rings. The highest BCUT2D eigenvalue weighted by Gasteiger charge is 2.31. The number of pyridine rings is 1. The van der Waals surface area contributed by atoms with Gasteiger partial charge in [0.2, 0.25) is 0 Å². The van der Waals surface area contributed by atoms with Crippen LogP contribution >= 0.6 is 0 Å². The van der Waals surface area contributed by atoms with Gasteiger partial charge in [0.25, 0.3) is 0 Å². The van der Waals surface area contributed by atoms with E-state index in [-0.39, 0.29) is 12.1 Å². The lowest BCUT2D eigenvalue weighted by Gasteiger charge is -2.18. The van der Waals surface area contributed by atoms with Crippen LogP contribution in [0.4, 0.5) is 29.5 Å². The summed E-state index contributed by atoms with van der Waals surface area (Å²) in [6, 6.07) is 8.95. The minimum Gasteiger partial charge on any atom is -0.494 e. The molecule has 1 fully saturated rings. The molecule has 1 saturated heterocycles. The van der Waals surface area contributed by atoms with E-state index < -0.39 is 11.7 Å². The summed E-state index contributed by atoms with van der Waals surface area (Å²) in [7, 11) is 0. The van der Waals surface area contributed by atoms with Gasteiger partial charge in [-0.2, -0.15) is 13.2 Å². The Morgan fingerprint density at radius 2 is 2.00 bits per heavy atom. The van der Waals surface area contributed by atoms with E-state index in [0.717, 1.165) is 18.0 Å². The van der Waals surface area contributed by atoms with Crippen molar-refractivity contribution in [3.63, 3.8) is 0 Å². The molecular formula is C19H21F3N4O2. The van der Waals surface area contributed by atoms with Crippen molar-refractivity contribution in [1.29, 1.82) is 0 Å². The van der Waals surface area contributed by atoms with Crippen LogP contribution in [0.15, 0.2) is 42.6 Å². The van der Waals surface area contributed by atoms with Crippen molar-refractivity contribution in [3.8, 4) is 5.75 Å². The average molecular weight is 394 g/mol. The van der Waals surface area contributed by atoms with Gasteiger partial charge < -0.3 is 20.3 Å². The number of halogens is 3. The van der Waals surface area contributed by atoms with Gasteiger partial charge in [-0.25, -0.2) is 9.78 Å². The molecule has 0 unspecified atom stereocenters. The smallest absolute Gasteiger partial charge is 0.417 e. The van der Waals surface area contributed by atoms with E-state index in [1.165, 1.54) is 6.07 Å². The van der Waals surface area contributed by atoms with Gasteiger partial charge in [-0.15, -0.1) is 0 Å². The number of rotatable bonds is 5. The zero-order chi connectivity index (χ0) is 20.1. The number of carbonyl (C=O) groups excluding carboxylic acids is 1. The van der Waals surface area contributed by atoms with Gasteiger partial charge in [-0.1, -0.05) is 0 Å². The Balaban J connectivity index is 1.50. The maximum Gasteiger partial charge on any atom is 0.417 e. The van der Waals surface area contributed by atoms with Gasteiger partial charge in [-0.05, 0) is 49.7 Å². The lowest BCUT2D eigenvalue weighted by molar-refractivity contribution is -0.137. The third-order valence-electron chi connectivity index (χ3n) is 4.35. The second-order valence-corrected chi connectivity index (χ2v) is 6.39. The molecule has 1 atom stereocenters. The number of carbonyl (C=O) groups is 1. The standard InChI is InChI=1S/C19H21F3N4O2/c1-2-28-16-6-4-14(5-7-16)24-18(27)25-15-9-10-26(12-15)17-8-3-13(11-23-17)19(20,21)22/h3-8,11,15H,2,9-10,12H2,1H3,(H2,24,25,27)/t15-/m1/s1. The largest absolute Gasteiger partial charge is 0.494 e. The molecule has 1 aliphatic heterocycles. The van der Waals surface area contributed by atoms with Crippen LogP contribution in [0.25, 0.3) is 0 Å². The minimum absolute atomic E-state index is 0.119. The third kappa shape index (κ3) is 5.05. The topological polar surface area (TPSA) is 66.5 Å². The van der Waals surface area contributed by atoms with Gasteiger partial charge in [0.05, 0.1) is 12.2 Å². The highest BCUT2D eigenvalue weighted by atomic mass is 19.4. The number of nitrogens with zero attached hydrogens (tertiary/aromatic N) is 2. The summed E-state index contributed by atoms with van der Waals surface area (Å²) in [4.78, 5) is 17.9. The summed E-state index contributed by atoms with van der Waals surface area (Å²) in [5, 5.41) is 5.62. The summed E-state index contributed by atoms with van der Waals surface area (Å²) >= 11 is 0. The second-order valence-electron chi connectivity index (χ2n) is 6.39. The number of ether oxygens (including phenoxy) is 1. The molecule has 2 heterocycles. The maximum atomic E-state index is 12.6. The predicted molar refractivity (Wildman–Crippen MR) is 99.6 cm³/mol. The predicted octanol–water partition coefficient (Wildman–Crippen LogP) is 3.90. The number of anilines is 2. The first-order chi connectivity index (χ1) is 13.3. The van der Waals surface area contributed by atoms with Crippen LogP contribution in [0.5, 0.6) is 5.75 Å². The Morgan fingerprint density at radius 3 is 2.61 bits per heavy atom.